The zero-order chi connectivity index (χ0) is 17.7. The lowest BCUT2D eigenvalue weighted by molar-refractivity contribution is -0.125. The van der Waals surface area contributed by atoms with Crippen LogP contribution in [-0.4, -0.2) is 20.2 Å². The van der Waals surface area contributed by atoms with Gasteiger partial charge in [-0.05, 0) is 42.8 Å². The summed E-state index contributed by atoms with van der Waals surface area (Å²) in [6, 6.07) is 12.4. The first-order valence-corrected chi connectivity index (χ1v) is 8.81. The molecular weight excluding hydrogens is 352 g/mol. The molecule has 2 amide bonds. The van der Waals surface area contributed by atoms with Crippen LogP contribution in [0.3, 0.4) is 0 Å². The van der Waals surface area contributed by atoms with Gasteiger partial charge in [-0.1, -0.05) is 29.8 Å². The molecule has 24 heavy (non-hydrogen) atoms. The maximum Gasteiger partial charge on any atom is 0.264 e. The quantitative estimate of drug-likeness (QED) is 0.795. The van der Waals surface area contributed by atoms with E-state index in [1.54, 1.807) is 25.1 Å². The van der Waals surface area contributed by atoms with Crippen LogP contribution < -0.4 is 10.0 Å². The highest BCUT2D eigenvalue weighted by Crippen LogP contribution is 2.15. The Hall–Kier alpha value is -2.38. The SMILES string of the molecule is Cc1ccccc1NC(=O)CC(=O)NS(=O)(=O)c1ccc(Cl)cc1. The molecule has 0 spiro atoms. The van der Waals surface area contributed by atoms with Crippen LogP contribution in [-0.2, 0) is 19.6 Å². The molecule has 0 aromatic heterocycles. The fraction of sp³-hybridized carbons (Fsp3) is 0.125. The molecule has 6 nitrogen and oxygen atoms in total. The average Bonchev–Trinajstić information content (AvgIpc) is 2.49. The number of hydrogen-bond acceptors (Lipinski definition) is 4. The molecule has 0 aliphatic carbocycles. The standard InChI is InChI=1S/C16H15ClN2O4S/c1-11-4-2-3-5-14(11)18-15(20)10-16(21)19-24(22,23)13-8-6-12(17)7-9-13/h2-9H,10H2,1H3,(H,18,20)(H,19,21). The minimum atomic E-state index is -4.04. The summed E-state index contributed by atoms with van der Waals surface area (Å²) in [4.78, 5) is 23.6. The number of halogens is 1. The summed E-state index contributed by atoms with van der Waals surface area (Å²) in [6.45, 7) is 1.81. The molecule has 0 saturated heterocycles. The second kappa shape index (κ2) is 7.46. The maximum atomic E-state index is 12.0. The van der Waals surface area contributed by atoms with Gasteiger partial charge in [0.2, 0.25) is 11.8 Å². The van der Waals surface area contributed by atoms with Crippen LogP contribution in [0.5, 0.6) is 0 Å². The van der Waals surface area contributed by atoms with Gasteiger partial charge in [-0.2, -0.15) is 0 Å². The van der Waals surface area contributed by atoms with Crippen molar-refractivity contribution in [2.75, 3.05) is 5.32 Å². The van der Waals surface area contributed by atoms with Gasteiger partial charge >= 0.3 is 0 Å². The fourth-order valence-electron chi connectivity index (χ4n) is 1.91. The van der Waals surface area contributed by atoms with Gasteiger partial charge in [0.05, 0.1) is 4.90 Å². The highest BCUT2D eigenvalue weighted by molar-refractivity contribution is 7.90. The Balaban J connectivity index is 1.98. The number of aryl methyl sites for hydroxylation is 1. The van der Waals surface area contributed by atoms with Gasteiger partial charge in [0.15, 0.2) is 0 Å². The van der Waals surface area contributed by atoms with Crippen molar-refractivity contribution in [3.63, 3.8) is 0 Å². The van der Waals surface area contributed by atoms with Crippen LogP contribution in [0.2, 0.25) is 5.02 Å². The molecule has 0 radical (unpaired) electrons. The van der Waals surface area contributed by atoms with E-state index in [4.69, 9.17) is 11.6 Å². The second-order valence-electron chi connectivity index (χ2n) is 5.02. The molecule has 0 unspecified atom stereocenters. The first-order valence-electron chi connectivity index (χ1n) is 6.94. The van der Waals surface area contributed by atoms with Crippen molar-refractivity contribution in [1.29, 1.82) is 0 Å². The van der Waals surface area contributed by atoms with Gasteiger partial charge in [0, 0.05) is 10.7 Å². The molecule has 8 heteroatoms. The third-order valence-electron chi connectivity index (χ3n) is 3.11. The topological polar surface area (TPSA) is 92.3 Å². The largest absolute Gasteiger partial charge is 0.325 e. The van der Waals surface area contributed by atoms with Crippen molar-refractivity contribution in [2.24, 2.45) is 0 Å². The number of rotatable bonds is 5. The summed E-state index contributed by atoms with van der Waals surface area (Å²) in [5, 5.41) is 2.94. The second-order valence-corrected chi connectivity index (χ2v) is 7.14. The molecule has 0 heterocycles. The maximum absolute atomic E-state index is 12.0. The minimum absolute atomic E-state index is 0.112. The predicted molar refractivity (Wildman–Crippen MR) is 91.2 cm³/mol. The molecule has 0 atom stereocenters. The van der Waals surface area contributed by atoms with Crippen LogP contribution in [0.1, 0.15) is 12.0 Å². The number of carbonyl (C=O) groups excluding carboxylic acids is 2. The number of sulfonamides is 1. The summed E-state index contributed by atoms with van der Waals surface area (Å²) in [5.74, 6) is -1.52. The van der Waals surface area contributed by atoms with Crippen LogP contribution in [0, 0.1) is 6.92 Å². The number of hydrogen-bond donors (Lipinski definition) is 2. The first kappa shape index (κ1) is 18.0. The van der Waals surface area contributed by atoms with E-state index < -0.39 is 28.3 Å². The van der Waals surface area contributed by atoms with E-state index in [9.17, 15) is 18.0 Å². The van der Waals surface area contributed by atoms with Crippen LogP contribution in [0.15, 0.2) is 53.4 Å². The number of anilines is 1. The lowest BCUT2D eigenvalue weighted by Crippen LogP contribution is -2.33. The van der Waals surface area contributed by atoms with Crippen molar-refractivity contribution in [1.82, 2.24) is 4.72 Å². The Bertz CT molecular complexity index is 864. The summed E-state index contributed by atoms with van der Waals surface area (Å²) >= 11 is 5.69. The number of benzene rings is 2. The summed E-state index contributed by atoms with van der Waals surface area (Å²) < 4.78 is 25.9. The Labute approximate surface area is 144 Å². The van der Waals surface area contributed by atoms with Gasteiger partial charge in [-0.3, -0.25) is 9.59 Å². The predicted octanol–water partition coefficient (Wildman–Crippen LogP) is 2.48. The number of carbonyl (C=O) groups is 2. The molecule has 0 saturated carbocycles. The molecule has 0 fully saturated rings. The Morgan fingerprint density at radius 1 is 1.00 bits per heavy atom. The van der Waals surface area contributed by atoms with Gasteiger partial charge in [0.1, 0.15) is 6.42 Å². The van der Waals surface area contributed by atoms with Crippen LogP contribution in [0.4, 0.5) is 5.69 Å². The molecular formula is C16H15ClN2O4S. The molecule has 0 aliphatic rings. The normalized spacial score (nSPS) is 10.9. The fourth-order valence-corrected chi connectivity index (χ4v) is 3.02. The monoisotopic (exact) mass is 366 g/mol. The van der Waals surface area contributed by atoms with Gasteiger partial charge in [0.25, 0.3) is 10.0 Å². The average molecular weight is 367 g/mol. The lowest BCUT2D eigenvalue weighted by Gasteiger charge is -2.09. The van der Waals surface area contributed by atoms with E-state index in [0.29, 0.717) is 10.7 Å². The van der Waals surface area contributed by atoms with Crippen molar-refractivity contribution in [3.8, 4) is 0 Å². The molecule has 2 aromatic rings. The molecule has 2 rings (SSSR count). The van der Waals surface area contributed by atoms with E-state index in [1.165, 1.54) is 24.3 Å². The van der Waals surface area contributed by atoms with Crippen molar-refractivity contribution in [3.05, 3.63) is 59.1 Å². The molecule has 126 valence electrons. The Morgan fingerprint density at radius 2 is 1.62 bits per heavy atom. The minimum Gasteiger partial charge on any atom is -0.325 e. The summed E-state index contributed by atoms with van der Waals surface area (Å²) in [7, 11) is -4.04. The summed E-state index contributed by atoms with van der Waals surface area (Å²) in [5.41, 5.74) is 1.40. The third-order valence-corrected chi connectivity index (χ3v) is 4.75. The van der Waals surface area contributed by atoms with Crippen LogP contribution in [0.25, 0.3) is 0 Å². The van der Waals surface area contributed by atoms with Crippen molar-refractivity contribution >= 4 is 39.1 Å². The highest BCUT2D eigenvalue weighted by Gasteiger charge is 2.19. The van der Waals surface area contributed by atoms with E-state index in [2.05, 4.69) is 5.32 Å². The zero-order valence-electron chi connectivity index (χ0n) is 12.7. The van der Waals surface area contributed by atoms with E-state index in [0.717, 1.165) is 5.56 Å². The van der Waals surface area contributed by atoms with Gasteiger partial charge < -0.3 is 5.32 Å². The summed E-state index contributed by atoms with van der Waals surface area (Å²) in [6.07, 6.45) is -0.610. The van der Waals surface area contributed by atoms with E-state index >= 15 is 0 Å². The first-order chi connectivity index (χ1) is 11.3. The number of amides is 2. The third kappa shape index (κ3) is 4.81. The molecule has 0 bridgehead atoms. The van der Waals surface area contributed by atoms with Crippen molar-refractivity contribution < 1.29 is 18.0 Å². The number of para-hydroxylation sites is 1. The van der Waals surface area contributed by atoms with Crippen LogP contribution >= 0.6 is 11.6 Å². The lowest BCUT2D eigenvalue weighted by atomic mass is 10.2. The molecule has 2 N–H and O–H groups in total. The van der Waals surface area contributed by atoms with E-state index in [1.807, 2.05) is 10.8 Å². The van der Waals surface area contributed by atoms with Gasteiger partial charge in [-0.15, -0.1) is 0 Å². The highest BCUT2D eigenvalue weighted by atomic mass is 35.5. The Morgan fingerprint density at radius 3 is 2.25 bits per heavy atom. The smallest absolute Gasteiger partial charge is 0.264 e. The zero-order valence-corrected chi connectivity index (χ0v) is 14.3. The molecule has 2 aromatic carbocycles. The number of nitrogens with one attached hydrogen (secondary N) is 2. The Kier molecular flexibility index (Phi) is 5.58. The molecule has 0 aliphatic heterocycles. The van der Waals surface area contributed by atoms with Crippen molar-refractivity contribution in [2.45, 2.75) is 18.2 Å². The van der Waals surface area contributed by atoms with E-state index in [-0.39, 0.29) is 4.90 Å². The van der Waals surface area contributed by atoms with Gasteiger partial charge in [-0.25, -0.2) is 13.1 Å².